The van der Waals surface area contributed by atoms with Crippen LogP contribution in [0.15, 0.2) is 24.4 Å². The lowest BCUT2D eigenvalue weighted by Gasteiger charge is -2.05. The maximum Gasteiger partial charge on any atom is 0.304 e. The van der Waals surface area contributed by atoms with Gasteiger partial charge in [-0.3, -0.25) is 9.59 Å². The number of hydrogen-bond acceptors (Lipinski definition) is 2. The smallest absolute Gasteiger partial charge is 0.304 e. The van der Waals surface area contributed by atoms with Crippen molar-refractivity contribution in [1.82, 2.24) is 4.98 Å². The van der Waals surface area contributed by atoms with E-state index in [2.05, 4.69) is 20.9 Å². The molecule has 1 heterocycles. The first-order valence-electron chi connectivity index (χ1n) is 5.16. The number of halogens is 2. The van der Waals surface area contributed by atoms with Gasteiger partial charge < -0.3 is 10.1 Å². The summed E-state index contributed by atoms with van der Waals surface area (Å²) in [5.41, 5.74) is 0.666. The number of carbonyl (C=O) groups excluding carboxylic acids is 1. The lowest BCUT2D eigenvalue weighted by atomic mass is 10.1. The molecule has 18 heavy (non-hydrogen) atoms. The first-order valence-corrected chi connectivity index (χ1v) is 6.08. The van der Waals surface area contributed by atoms with Crippen molar-refractivity contribution >= 4 is 38.6 Å². The third kappa shape index (κ3) is 2.28. The summed E-state index contributed by atoms with van der Waals surface area (Å²) >= 11 is 3.01. The van der Waals surface area contributed by atoms with Gasteiger partial charge >= 0.3 is 5.97 Å². The van der Waals surface area contributed by atoms with E-state index in [4.69, 9.17) is 5.11 Å². The van der Waals surface area contributed by atoms with Crippen LogP contribution in [0, 0.1) is 5.82 Å². The van der Waals surface area contributed by atoms with Gasteiger partial charge in [0.15, 0.2) is 5.78 Å². The van der Waals surface area contributed by atoms with Crippen LogP contribution in [0.2, 0.25) is 0 Å². The lowest BCUT2D eigenvalue weighted by molar-refractivity contribution is -0.136. The van der Waals surface area contributed by atoms with E-state index in [-0.39, 0.29) is 17.4 Å². The molecule has 2 N–H and O–H groups in total. The highest BCUT2D eigenvalue weighted by atomic mass is 79.9. The van der Waals surface area contributed by atoms with Crippen LogP contribution in [-0.2, 0) is 4.79 Å². The van der Waals surface area contributed by atoms with Crippen LogP contribution in [0.5, 0.6) is 0 Å². The summed E-state index contributed by atoms with van der Waals surface area (Å²) in [5.74, 6) is -2.05. The molecule has 0 aliphatic heterocycles. The van der Waals surface area contributed by atoms with Gasteiger partial charge in [0.05, 0.1) is 11.2 Å². The Morgan fingerprint density at radius 1 is 1.44 bits per heavy atom. The second-order valence-corrected chi connectivity index (χ2v) is 4.90. The van der Waals surface area contributed by atoms with Crippen LogP contribution in [0.1, 0.15) is 16.8 Å². The van der Waals surface area contributed by atoms with Crippen LogP contribution < -0.4 is 0 Å². The number of carbonyl (C=O) groups is 2. The number of aliphatic carboxylic acids is 1. The molecular formula is C12H9BrFNO3. The Hall–Kier alpha value is -1.69. The van der Waals surface area contributed by atoms with Crippen molar-refractivity contribution in [2.45, 2.75) is 11.2 Å². The standard InChI is InChI=1S/C12H9BrFNO3/c13-7(4-10(16)17)12(18)6-5-15-9-3-1-2-8(14)11(6)9/h1-3,5,7,15H,4H2,(H,16,17). The SMILES string of the molecule is O=C(O)CC(Br)C(=O)c1c[nH]c2cccc(F)c12. The lowest BCUT2D eigenvalue weighted by Crippen LogP contribution is -2.18. The molecule has 0 radical (unpaired) electrons. The van der Waals surface area contributed by atoms with Crippen molar-refractivity contribution in [2.24, 2.45) is 0 Å². The van der Waals surface area contributed by atoms with Crippen LogP contribution in [0.3, 0.4) is 0 Å². The highest BCUT2D eigenvalue weighted by Crippen LogP contribution is 2.24. The van der Waals surface area contributed by atoms with E-state index in [0.29, 0.717) is 5.52 Å². The van der Waals surface area contributed by atoms with Crippen LogP contribution in [0.4, 0.5) is 4.39 Å². The first kappa shape index (κ1) is 12.8. The summed E-state index contributed by atoms with van der Waals surface area (Å²) in [5, 5.41) is 8.83. The summed E-state index contributed by atoms with van der Waals surface area (Å²) in [6, 6.07) is 4.44. The molecule has 0 aliphatic rings. The first-order chi connectivity index (χ1) is 8.50. The fraction of sp³-hybridized carbons (Fsp3) is 0.167. The Bertz CT molecular complexity index is 623. The molecule has 2 rings (SSSR count). The second-order valence-electron chi connectivity index (χ2n) is 3.79. The average Bonchev–Trinajstić information content (AvgIpc) is 2.72. The summed E-state index contributed by atoms with van der Waals surface area (Å²) in [6.07, 6.45) is 1.05. The largest absolute Gasteiger partial charge is 0.481 e. The second kappa shape index (κ2) is 4.89. The van der Waals surface area contributed by atoms with E-state index >= 15 is 0 Å². The van der Waals surface area contributed by atoms with E-state index in [1.54, 1.807) is 6.07 Å². The minimum Gasteiger partial charge on any atom is -0.481 e. The van der Waals surface area contributed by atoms with Gasteiger partial charge in [-0.05, 0) is 12.1 Å². The number of ketones is 1. The van der Waals surface area contributed by atoms with Gasteiger partial charge in [0, 0.05) is 22.7 Å². The van der Waals surface area contributed by atoms with Gasteiger partial charge in [0.2, 0.25) is 0 Å². The normalized spacial score (nSPS) is 12.6. The van der Waals surface area contributed by atoms with Gasteiger partial charge in [0.25, 0.3) is 0 Å². The number of nitrogens with one attached hydrogen (secondary N) is 1. The molecule has 1 unspecified atom stereocenters. The summed E-state index contributed by atoms with van der Waals surface area (Å²) in [7, 11) is 0. The van der Waals surface area contributed by atoms with E-state index < -0.39 is 22.4 Å². The molecule has 0 fully saturated rings. The number of carboxylic acid groups (broad SMARTS) is 1. The predicted octanol–water partition coefficient (Wildman–Crippen LogP) is 2.73. The highest BCUT2D eigenvalue weighted by Gasteiger charge is 2.23. The molecule has 1 aromatic carbocycles. The third-order valence-corrected chi connectivity index (χ3v) is 3.30. The van der Waals surface area contributed by atoms with Crippen LogP contribution in [-0.4, -0.2) is 26.7 Å². The molecule has 2 aromatic rings. The van der Waals surface area contributed by atoms with Gasteiger partial charge in [-0.2, -0.15) is 0 Å². The van der Waals surface area contributed by atoms with Gasteiger partial charge in [0.1, 0.15) is 5.82 Å². The van der Waals surface area contributed by atoms with Gasteiger partial charge in [-0.25, -0.2) is 4.39 Å². The Balaban J connectivity index is 2.42. The van der Waals surface area contributed by atoms with E-state index in [9.17, 15) is 14.0 Å². The maximum atomic E-state index is 13.7. The number of hydrogen-bond donors (Lipinski definition) is 2. The number of H-pyrrole nitrogens is 1. The highest BCUT2D eigenvalue weighted by molar-refractivity contribution is 9.10. The molecular weight excluding hydrogens is 305 g/mol. The van der Waals surface area contributed by atoms with E-state index in [1.165, 1.54) is 18.3 Å². The zero-order chi connectivity index (χ0) is 13.3. The molecule has 4 nitrogen and oxygen atoms in total. The number of Topliss-reactive ketones (excluding diaryl/α,β-unsaturated/α-hetero) is 1. The van der Waals surface area contributed by atoms with E-state index in [1.807, 2.05) is 0 Å². The molecule has 1 atom stereocenters. The van der Waals surface area contributed by atoms with Crippen molar-refractivity contribution in [3.05, 3.63) is 35.8 Å². The number of carboxylic acids is 1. The summed E-state index contributed by atoms with van der Waals surface area (Å²) in [6.45, 7) is 0. The predicted molar refractivity (Wildman–Crippen MR) is 67.6 cm³/mol. The molecule has 0 saturated carbocycles. The number of aromatic amines is 1. The topological polar surface area (TPSA) is 70.2 Å². The van der Waals surface area contributed by atoms with Crippen molar-refractivity contribution < 1.29 is 19.1 Å². The van der Waals surface area contributed by atoms with E-state index in [0.717, 1.165) is 0 Å². The molecule has 94 valence electrons. The zero-order valence-electron chi connectivity index (χ0n) is 9.11. The van der Waals surface area contributed by atoms with Crippen LogP contribution in [0.25, 0.3) is 10.9 Å². The van der Waals surface area contributed by atoms with Crippen molar-refractivity contribution in [2.75, 3.05) is 0 Å². The Morgan fingerprint density at radius 3 is 2.83 bits per heavy atom. The Morgan fingerprint density at radius 2 is 2.17 bits per heavy atom. The van der Waals surface area contributed by atoms with Crippen molar-refractivity contribution in [3.63, 3.8) is 0 Å². The van der Waals surface area contributed by atoms with Crippen molar-refractivity contribution in [3.8, 4) is 0 Å². The number of benzene rings is 1. The molecule has 0 bridgehead atoms. The molecule has 6 heteroatoms. The molecule has 0 saturated heterocycles. The number of alkyl halides is 1. The monoisotopic (exact) mass is 313 g/mol. The zero-order valence-corrected chi connectivity index (χ0v) is 10.7. The van der Waals surface area contributed by atoms with Gasteiger partial charge in [-0.1, -0.05) is 22.0 Å². The fourth-order valence-corrected chi connectivity index (χ4v) is 2.27. The van der Waals surface area contributed by atoms with Crippen LogP contribution >= 0.6 is 15.9 Å². The number of fused-ring (bicyclic) bond motifs is 1. The number of rotatable bonds is 4. The fourth-order valence-electron chi connectivity index (χ4n) is 1.75. The molecule has 0 spiro atoms. The molecule has 0 amide bonds. The average molecular weight is 314 g/mol. The Kier molecular flexibility index (Phi) is 3.47. The number of aromatic nitrogens is 1. The summed E-state index contributed by atoms with van der Waals surface area (Å²) < 4.78 is 13.7. The summed E-state index contributed by atoms with van der Waals surface area (Å²) in [4.78, 5) is 24.5. The van der Waals surface area contributed by atoms with Gasteiger partial charge in [-0.15, -0.1) is 0 Å². The minimum absolute atomic E-state index is 0.159. The minimum atomic E-state index is -1.09. The molecule has 0 aliphatic carbocycles. The third-order valence-electron chi connectivity index (χ3n) is 2.56. The Labute approximate surface area is 110 Å². The maximum absolute atomic E-state index is 13.7. The quantitative estimate of drug-likeness (QED) is 0.673. The molecule has 1 aromatic heterocycles. The van der Waals surface area contributed by atoms with Crippen molar-refractivity contribution in [1.29, 1.82) is 0 Å².